The van der Waals surface area contributed by atoms with Crippen LogP contribution in [0.5, 0.6) is 0 Å². The molecule has 2 aromatic rings. The van der Waals surface area contributed by atoms with Crippen molar-refractivity contribution in [2.45, 2.75) is 24.9 Å². The van der Waals surface area contributed by atoms with E-state index in [2.05, 4.69) is 29.6 Å². The van der Waals surface area contributed by atoms with Crippen molar-refractivity contribution in [3.05, 3.63) is 48.0 Å². The van der Waals surface area contributed by atoms with E-state index in [9.17, 15) is 4.79 Å². The zero-order valence-corrected chi connectivity index (χ0v) is 10.1. The molecule has 1 amide bonds. The largest absolute Gasteiger partial charge is 0.350 e. The average Bonchev–Trinajstić information content (AvgIpc) is 3.15. The predicted octanol–water partition coefficient (Wildman–Crippen LogP) is 1.95. The third kappa shape index (κ3) is 2.09. The molecule has 3 N–H and O–H groups in total. The number of nitrogens with one attached hydrogen (secondary N) is 1. The van der Waals surface area contributed by atoms with Gasteiger partial charge in [-0.3, -0.25) is 4.79 Å². The Kier molecular flexibility index (Phi) is 2.56. The summed E-state index contributed by atoms with van der Waals surface area (Å²) in [6.45, 7) is 0.544. The molecule has 3 rings (SSSR count). The van der Waals surface area contributed by atoms with Gasteiger partial charge in [-0.25, -0.2) is 0 Å². The molecule has 0 aliphatic heterocycles. The van der Waals surface area contributed by atoms with Crippen molar-refractivity contribution in [3.8, 4) is 0 Å². The van der Waals surface area contributed by atoms with Gasteiger partial charge in [0.25, 0.3) is 0 Å². The molecule has 0 atom stereocenters. The lowest BCUT2D eigenvalue weighted by Gasteiger charge is -2.10. The van der Waals surface area contributed by atoms with Gasteiger partial charge in [0.15, 0.2) is 0 Å². The number of carbonyl (C=O) groups excluding carboxylic acids is 1. The van der Waals surface area contributed by atoms with Crippen LogP contribution in [0.25, 0.3) is 10.8 Å². The number of hydrogen-bond acceptors (Lipinski definition) is 2. The van der Waals surface area contributed by atoms with E-state index < -0.39 is 5.54 Å². The molecule has 0 saturated heterocycles. The average molecular weight is 240 g/mol. The first-order valence-corrected chi connectivity index (χ1v) is 6.22. The number of amides is 1. The van der Waals surface area contributed by atoms with E-state index in [1.54, 1.807) is 0 Å². The van der Waals surface area contributed by atoms with Gasteiger partial charge < -0.3 is 11.1 Å². The molecule has 0 aromatic heterocycles. The van der Waals surface area contributed by atoms with E-state index in [4.69, 9.17) is 5.73 Å². The molecular weight excluding hydrogens is 224 g/mol. The molecule has 18 heavy (non-hydrogen) atoms. The number of rotatable bonds is 3. The van der Waals surface area contributed by atoms with E-state index >= 15 is 0 Å². The van der Waals surface area contributed by atoms with Gasteiger partial charge in [0.1, 0.15) is 0 Å². The van der Waals surface area contributed by atoms with Gasteiger partial charge in [-0.15, -0.1) is 0 Å². The standard InChI is InChI=1S/C15H16N2O/c16-15(7-8-15)14(18)17-10-11-5-6-12-3-1-2-4-13(12)9-11/h1-6,9H,7-8,10,16H2,(H,17,18). The Hall–Kier alpha value is -1.87. The van der Waals surface area contributed by atoms with Crippen molar-refractivity contribution in [1.82, 2.24) is 5.32 Å². The quantitative estimate of drug-likeness (QED) is 0.861. The molecule has 0 heterocycles. The van der Waals surface area contributed by atoms with Crippen LogP contribution in [0.4, 0.5) is 0 Å². The van der Waals surface area contributed by atoms with Crippen LogP contribution in [0.2, 0.25) is 0 Å². The summed E-state index contributed by atoms with van der Waals surface area (Å²) < 4.78 is 0. The third-order valence-corrected chi connectivity index (χ3v) is 3.51. The van der Waals surface area contributed by atoms with Crippen LogP contribution >= 0.6 is 0 Å². The van der Waals surface area contributed by atoms with Crippen LogP contribution in [0.1, 0.15) is 18.4 Å². The first-order chi connectivity index (χ1) is 8.67. The molecule has 3 heteroatoms. The van der Waals surface area contributed by atoms with Crippen LogP contribution < -0.4 is 11.1 Å². The molecule has 1 aliphatic rings. The Morgan fingerprint density at radius 3 is 2.61 bits per heavy atom. The third-order valence-electron chi connectivity index (χ3n) is 3.51. The molecule has 1 fully saturated rings. The molecule has 0 radical (unpaired) electrons. The smallest absolute Gasteiger partial charge is 0.240 e. The second-order valence-electron chi connectivity index (χ2n) is 5.02. The predicted molar refractivity (Wildman–Crippen MR) is 71.9 cm³/mol. The summed E-state index contributed by atoms with van der Waals surface area (Å²) in [5, 5.41) is 5.31. The van der Waals surface area contributed by atoms with Crippen LogP contribution in [0.3, 0.4) is 0 Å². The number of benzene rings is 2. The lowest BCUT2D eigenvalue weighted by molar-refractivity contribution is -0.123. The summed E-state index contributed by atoms with van der Waals surface area (Å²) in [5.41, 5.74) is 6.35. The second kappa shape index (κ2) is 4.10. The Labute approximate surface area is 106 Å². The molecule has 0 spiro atoms. The maximum absolute atomic E-state index is 11.7. The molecule has 2 aromatic carbocycles. The normalized spacial score (nSPS) is 16.5. The highest BCUT2D eigenvalue weighted by Crippen LogP contribution is 2.32. The van der Waals surface area contributed by atoms with Gasteiger partial charge in [0, 0.05) is 6.54 Å². The minimum absolute atomic E-state index is 0.0318. The first-order valence-electron chi connectivity index (χ1n) is 6.22. The van der Waals surface area contributed by atoms with E-state index in [0.717, 1.165) is 18.4 Å². The summed E-state index contributed by atoms with van der Waals surface area (Å²) in [4.78, 5) is 11.7. The van der Waals surface area contributed by atoms with Crippen LogP contribution in [0, 0.1) is 0 Å². The van der Waals surface area contributed by atoms with Crippen LogP contribution in [-0.2, 0) is 11.3 Å². The van der Waals surface area contributed by atoms with Crippen LogP contribution in [-0.4, -0.2) is 11.4 Å². The van der Waals surface area contributed by atoms with Crippen LogP contribution in [0.15, 0.2) is 42.5 Å². The fourth-order valence-corrected chi connectivity index (χ4v) is 2.07. The van der Waals surface area contributed by atoms with Gasteiger partial charge in [-0.1, -0.05) is 36.4 Å². The fraction of sp³-hybridized carbons (Fsp3) is 0.267. The van der Waals surface area contributed by atoms with Crippen molar-refractivity contribution in [2.75, 3.05) is 0 Å². The fourth-order valence-electron chi connectivity index (χ4n) is 2.07. The monoisotopic (exact) mass is 240 g/mol. The molecular formula is C15H16N2O. The SMILES string of the molecule is NC1(C(=O)NCc2ccc3ccccc3c2)CC1. The minimum atomic E-state index is -0.586. The van der Waals surface area contributed by atoms with Gasteiger partial charge in [0.05, 0.1) is 5.54 Å². The molecule has 1 saturated carbocycles. The molecule has 0 bridgehead atoms. The summed E-state index contributed by atoms with van der Waals surface area (Å²) in [5.74, 6) is -0.0318. The van der Waals surface area contributed by atoms with Crippen molar-refractivity contribution in [2.24, 2.45) is 5.73 Å². The van der Waals surface area contributed by atoms with E-state index in [0.29, 0.717) is 6.54 Å². The van der Waals surface area contributed by atoms with Gasteiger partial charge in [0.2, 0.25) is 5.91 Å². The lowest BCUT2D eigenvalue weighted by Crippen LogP contribution is -2.42. The maximum atomic E-state index is 11.7. The summed E-state index contributed by atoms with van der Waals surface area (Å²) >= 11 is 0. The van der Waals surface area contributed by atoms with Gasteiger partial charge in [-0.2, -0.15) is 0 Å². The van der Waals surface area contributed by atoms with Crippen molar-refractivity contribution < 1.29 is 4.79 Å². The second-order valence-corrected chi connectivity index (χ2v) is 5.02. The van der Waals surface area contributed by atoms with E-state index in [1.165, 1.54) is 10.8 Å². The number of hydrogen-bond donors (Lipinski definition) is 2. The Morgan fingerprint density at radius 1 is 1.17 bits per heavy atom. The highest BCUT2D eigenvalue weighted by molar-refractivity contribution is 5.89. The number of carbonyl (C=O) groups is 1. The maximum Gasteiger partial charge on any atom is 0.240 e. The Morgan fingerprint density at radius 2 is 1.89 bits per heavy atom. The number of fused-ring (bicyclic) bond motifs is 1. The lowest BCUT2D eigenvalue weighted by atomic mass is 10.1. The first kappa shape index (κ1) is 11.2. The minimum Gasteiger partial charge on any atom is -0.350 e. The zero-order chi connectivity index (χ0) is 12.6. The Balaban J connectivity index is 1.73. The molecule has 92 valence electrons. The topological polar surface area (TPSA) is 55.1 Å². The summed E-state index contributed by atoms with van der Waals surface area (Å²) in [7, 11) is 0. The van der Waals surface area contributed by atoms with Gasteiger partial charge >= 0.3 is 0 Å². The summed E-state index contributed by atoms with van der Waals surface area (Å²) in [6, 6.07) is 14.4. The molecule has 0 unspecified atom stereocenters. The van der Waals surface area contributed by atoms with Crippen molar-refractivity contribution in [3.63, 3.8) is 0 Å². The zero-order valence-electron chi connectivity index (χ0n) is 10.1. The Bertz CT molecular complexity index is 602. The molecule has 1 aliphatic carbocycles. The van der Waals surface area contributed by atoms with Crippen molar-refractivity contribution in [1.29, 1.82) is 0 Å². The van der Waals surface area contributed by atoms with E-state index in [1.807, 2.05) is 18.2 Å². The highest BCUT2D eigenvalue weighted by Gasteiger charge is 2.45. The highest BCUT2D eigenvalue weighted by atomic mass is 16.2. The van der Waals surface area contributed by atoms with Gasteiger partial charge in [-0.05, 0) is 35.2 Å². The summed E-state index contributed by atoms with van der Waals surface area (Å²) in [6.07, 6.45) is 1.60. The number of nitrogens with two attached hydrogens (primary N) is 1. The van der Waals surface area contributed by atoms with Crippen molar-refractivity contribution >= 4 is 16.7 Å². The molecule has 3 nitrogen and oxygen atoms in total. The van der Waals surface area contributed by atoms with E-state index in [-0.39, 0.29) is 5.91 Å².